The average Bonchev–Trinajstić information content (AvgIpc) is 3.19. The normalized spacial score (nSPS) is 15.8. The molecule has 0 amide bonds. The van der Waals surface area contributed by atoms with Gasteiger partial charge >= 0.3 is 11.9 Å². The summed E-state index contributed by atoms with van der Waals surface area (Å²) in [7, 11) is -7.98. The number of carbonyl (C=O) groups is 2. The minimum Gasteiger partial charge on any atom is -0.489 e. The van der Waals surface area contributed by atoms with Crippen LogP contribution in [0.15, 0.2) is 94.7 Å². The van der Waals surface area contributed by atoms with Crippen LogP contribution in [0.3, 0.4) is 0 Å². The smallest absolute Gasteiger partial charge is 0.332 e. The zero-order valence-corrected chi connectivity index (χ0v) is 41.0. The maximum absolute atomic E-state index is 13.7. The van der Waals surface area contributed by atoms with E-state index in [9.17, 15) is 31.5 Å². The second-order valence-electron chi connectivity index (χ2n) is 16.2. The Morgan fingerprint density at radius 2 is 1.09 bits per heavy atom. The number of benzene rings is 4. The van der Waals surface area contributed by atoms with Crippen molar-refractivity contribution in [3.05, 3.63) is 106 Å². The molecule has 0 bridgehead atoms. The molecule has 2 heterocycles. The third-order valence-corrected chi connectivity index (χ3v) is 14.2. The number of esters is 2. The van der Waals surface area contributed by atoms with Gasteiger partial charge in [0, 0.05) is 0 Å². The topological polar surface area (TPSA) is 175 Å². The number of nitrogens with zero attached hydrogens (tertiary/aromatic N) is 2. The first-order chi connectivity index (χ1) is 29.4. The summed E-state index contributed by atoms with van der Waals surface area (Å²) in [6, 6.07) is 22.2. The molecular formula is C45H57BrCl2N2O12S2. The number of aliphatic hydroxyl groups is 1. The van der Waals surface area contributed by atoms with Crippen LogP contribution in [0.2, 0.25) is 10.0 Å². The van der Waals surface area contributed by atoms with Gasteiger partial charge in [0.25, 0.3) is 20.0 Å². The van der Waals surface area contributed by atoms with Crippen molar-refractivity contribution in [2.75, 3.05) is 47.0 Å². The van der Waals surface area contributed by atoms with Gasteiger partial charge in [-0.3, -0.25) is 13.4 Å². The van der Waals surface area contributed by atoms with E-state index in [0.717, 1.165) is 0 Å². The van der Waals surface area contributed by atoms with Crippen molar-refractivity contribution in [3.8, 4) is 11.5 Å². The number of halogens is 3. The first kappa shape index (κ1) is 54.2. The summed E-state index contributed by atoms with van der Waals surface area (Å²) in [5.41, 5.74) is 0.883. The number of ether oxygens (including phenoxy) is 5. The first-order valence-corrected chi connectivity index (χ1v) is 24.4. The predicted molar refractivity (Wildman–Crippen MR) is 253 cm³/mol. The van der Waals surface area contributed by atoms with Crippen LogP contribution in [0.1, 0.15) is 60.1 Å². The minimum atomic E-state index is -4.04. The number of aliphatic hydroxyl groups excluding tert-OH is 1. The Balaban J connectivity index is 0.000000290. The molecule has 0 radical (unpaired) electrons. The highest BCUT2D eigenvalue weighted by Gasteiger charge is 2.40. The predicted octanol–water partition coefficient (Wildman–Crippen LogP) is 8.92. The van der Waals surface area contributed by atoms with Crippen molar-refractivity contribution >= 4 is 82.5 Å². The monoisotopic (exact) mass is 1030 g/mol. The molecule has 1 N–H and O–H groups in total. The van der Waals surface area contributed by atoms with E-state index < -0.39 is 43.7 Å². The third-order valence-electron chi connectivity index (χ3n) is 8.78. The van der Waals surface area contributed by atoms with Crippen LogP contribution in [0.5, 0.6) is 11.5 Å². The van der Waals surface area contributed by atoms with Gasteiger partial charge in [-0.1, -0.05) is 95.1 Å². The van der Waals surface area contributed by atoms with Crippen LogP contribution < -0.4 is 18.1 Å². The first-order valence-electron chi connectivity index (χ1n) is 19.6. The molecular weight excluding hydrogens is 975 g/mol. The number of anilines is 2. The number of sulfonamides is 2. The number of carbonyl (C=O) groups excluding carboxylic acids is 2. The number of hydrogen-bond acceptors (Lipinski definition) is 12. The Morgan fingerprint density at radius 3 is 1.48 bits per heavy atom. The van der Waals surface area contributed by atoms with Crippen molar-refractivity contribution in [1.82, 2.24) is 0 Å². The van der Waals surface area contributed by atoms with E-state index in [2.05, 4.69) is 15.9 Å². The van der Waals surface area contributed by atoms with Crippen molar-refractivity contribution in [2.24, 2.45) is 0 Å². The molecule has 352 valence electrons. The van der Waals surface area contributed by atoms with Crippen molar-refractivity contribution in [3.63, 3.8) is 0 Å². The standard InChI is InChI=1S/C22H26ClNO6S.C16H16ClNO4S.C6H11BrO2.CH4/c1-15-8-7-9-17(23)21(15)31(26,27)24-16(12-28-14-20(25)30-22(2,3)4)13-29-19-11-6-5-10-18(19)24;1-11-5-4-6-13(17)16(11)23(20,21)18-12(9-19)10-22-15-8-3-2-7-14(15)18;1-6(2,3)9-5(8)4-7;/h5-11,16H,12-14H2,1-4H3;2-8,12,19H,9-10H2,1H3;4H2,1-3H3;1H4. The van der Waals surface area contributed by atoms with Gasteiger partial charge < -0.3 is 28.8 Å². The van der Waals surface area contributed by atoms with E-state index in [0.29, 0.717) is 34.0 Å². The highest BCUT2D eigenvalue weighted by molar-refractivity contribution is 9.09. The zero-order chi connectivity index (χ0) is 46.9. The van der Waals surface area contributed by atoms with E-state index in [1.807, 2.05) is 20.8 Å². The summed E-state index contributed by atoms with van der Waals surface area (Å²) < 4.78 is 83.4. The largest absolute Gasteiger partial charge is 0.489 e. The second-order valence-corrected chi connectivity index (χ2v) is 21.1. The van der Waals surface area contributed by atoms with Gasteiger partial charge in [-0.2, -0.15) is 0 Å². The molecule has 4 aromatic rings. The van der Waals surface area contributed by atoms with Gasteiger partial charge in [-0.15, -0.1) is 0 Å². The number of alkyl halides is 1. The van der Waals surface area contributed by atoms with Gasteiger partial charge in [-0.05, 0) is 103 Å². The molecule has 2 aliphatic rings. The molecule has 4 aromatic carbocycles. The Labute approximate surface area is 395 Å². The molecule has 2 atom stereocenters. The number of fused-ring (bicyclic) bond motifs is 2. The average molecular weight is 1030 g/mol. The van der Waals surface area contributed by atoms with Crippen LogP contribution in [0.4, 0.5) is 11.4 Å². The molecule has 64 heavy (non-hydrogen) atoms. The number of para-hydroxylation sites is 4. The van der Waals surface area contributed by atoms with Gasteiger partial charge in [0.15, 0.2) is 0 Å². The molecule has 2 unspecified atom stereocenters. The van der Waals surface area contributed by atoms with E-state index in [1.54, 1.807) is 120 Å². The maximum Gasteiger partial charge on any atom is 0.332 e. The maximum atomic E-state index is 13.7. The fraction of sp³-hybridized carbons (Fsp3) is 0.422. The highest BCUT2D eigenvalue weighted by Crippen LogP contribution is 2.41. The van der Waals surface area contributed by atoms with Crippen LogP contribution in [0.25, 0.3) is 0 Å². The van der Waals surface area contributed by atoms with E-state index >= 15 is 0 Å². The summed E-state index contributed by atoms with van der Waals surface area (Å²) in [5.74, 6) is 0.160. The fourth-order valence-electron chi connectivity index (χ4n) is 6.42. The zero-order valence-electron chi connectivity index (χ0n) is 36.3. The lowest BCUT2D eigenvalue weighted by atomic mass is 10.2. The van der Waals surface area contributed by atoms with Crippen molar-refractivity contribution in [1.29, 1.82) is 0 Å². The van der Waals surface area contributed by atoms with Gasteiger partial charge in [0.1, 0.15) is 69.7 Å². The van der Waals surface area contributed by atoms with Crippen LogP contribution in [-0.4, -0.2) is 95.5 Å². The van der Waals surface area contributed by atoms with Crippen molar-refractivity contribution in [2.45, 2.75) is 95.9 Å². The molecule has 0 aromatic heterocycles. The molecule has 0 saturated heterocycles. The molecule has 6 rings (SSSR count). The van der Waals surface area contributed by atoms with Gasteiger partial charge in [0.2, 0.25) is 0 Å². The minimum absolute atomic E-state index is 0. The Kier molecular flexibility index (Phi) is 19.4. The molecule has 19 heteroatoms. The molecule has 0 fully saturated rings. The van der Waals surface area contributed by atoms with Crippen LogP contribution in [0, 0.1) is 13.8 Å². The Hall–Kier alpha value is -4.10. The van der Waals surface area contributed by atoms with E-state index in [4.69, 9.17) is 46.9 Å². The molecule has 14 nitrogen and oxygen atoms in total. The van der Waals surface area contributed by atoms with Crippen LogP contribution in [-0.2, 0) is 43.8 Å². The number of hydrogen-bond donors (Lipinski definition) is 1. The lowest BCUT2D eigenvalue weighted by Gasteiger charge is -2.37. The Morgan fingerprint density at radius 1 is 0.688 bits per heavy atom. The SMILES string of the molecule is C.CC(C)(C)OC(=O)CBr.Cc1cccc(Cl)c1S(=O)(=O)N1c2ccccc2OCC1CO.Cc1cccc(Cl)c1S(=O)(=O)N1c2ccccc2OCC1COCC(=O)OC(C)(C)C. The van der Waals surface area contributed by atoms with Gasteiger partial charge in [-0.25, -0.2) is 21.6 Å². The van der Waals surface area contributed by atoms with Gasteiger partial charge in [0.05, 0.1) is 34.6 Å². The quantitative estimate of drug-likeness (QED) is 0.118. The lowest BCUT2D eigenvalue weighted by Crippen LogP contribution is -2.49. The molecule has 0 saturated carbocycles. The van der Waals surface area contributed by atoms with Crippen molar-refractivity contribution < 1.29 is 55.2 Å². The third kappa shape index (κ3) is 14.0. The van der Waals surface area contributed by atoms with E-state index in [1.165, 1.54) is 8.61 Å². The van der Waals surface area contributed by atoms with E-state index in [-0.39, 0.29) is 77.2 Å². The summed E-state index contributed by atoms with van der Waals surface area (Å²) in [6.45, 7) is 13.6. The molecule has 2 aliphatic heterocycles. The summed E-state index contributed by atoms with van der Waals surface area (Å²) in [6.07, 6.45) is 0. The second kappa shape index (κ2) is 22.9. The highest BCUT2D eigenvalue weighted by atomic mass is 79.9. The summed E-state index contributed by atoms with van der Waals surface area (Å²) in [4.78, 5) is 22.6. The Bertz CT molecular complexity index is 2420. The number of aryl methyl sites for hydroxylation is 2. The summed E-state index contributed by atoms with van der Waals surface area (Å²) >= 11 is 15.4. The fourth-order valence-corrected chi connectivity index (χ4v) is 11.4. The molecule has 0 aliphatic carbocycles. The van der Waals surface area contributed by atoms with Crippen LogP contribution >= 0.6 is 39.1 Å². The summed E-state index contributed by atoms with van der Waals surface area (Å²) in [5, 5.41) is 10.2. The lowest BCUT2D eigenvalue weighted by molar-refractivity contribution is -0.160. The number of rotatable bonds is 10. The molecule has 0 spiro atoms.